The van der Waals surface area contributed by atoms with Gasteiger partial charge in [-0.25, -0.2) is 0 Å². The van der Waals surface area contributed by atoms with Crippen LogP contribution in [0.2, 0.25) is 0 Å². The van der Waals surface area contributed by atoms with E-state index in [2.05, 4.69) is 80.4 Å². The zero-order chi connectivity index (χ0) is 31.9. The Balaban J connectivity index is 0.00000267. The van der Waals surface area contributed by atoms with Crippen molar-refractivity contribution in [3.05, 3.63) is 77.4 Å². The van der Waals surface area contributed by atoms with Gasteiger partial charge in [0.15, 0.2) is 0 Å². The summed E-state index contributed by atoms with van der Waals surface area (Å²) in [6.07, 6.45) is -0.0856. The van der Waals surface area contributed by atoms with Crippen molar-refractivity contribution in [2.24, 2.45) is 0 Å². The molecule has 0 bridgehead atoms. The number of methoxy groups -OCH3 is 1. The van der Waals surface area contributed by atoms with Crippen LogP contribution in [0.15, 0.2) is 60.7 Å². The Hall–Kier alpha value is -2.86. The van der Waals surface area contributed by atoms with Crippen molar-refractivity contribution in [1.82, 2.24) is 29.6 Å². The zero-order valence-electron chi connectivity index (χ0n) is 28.8. The highest BCUT2D eigenvalue weighted by atomic mass is 35.5. The third-order valence-electron chi connectivity index (χ3n) is 8.48. The predicted molar refractivity (Wildman–Crippen MR) is 197 cm³/mol. The highest BCUT2D eigenvalue weighted by molar-refractivity contribution is 5.86. The van der Waals surface area contributed by atoms with Crippen molar-refractivity contribution >= 4 is 43.1 Å². The SMILES string of the molecule is CCOc1nc(OC)c(CN2C[C@@H]3CN(C(=O)CN(C)C)CCN3[C@H](C(c3ccccc3)c3ccccc3)C2)c(OC(C)C)n1.Cl.Cl.Cl. The molecule has 48 heavy (non-hydrogen) atoms. The Labute approximate surface area is 304 Å². The molecule has 2 saturated heterocycles. The molecule has 0 saturated carbocycles. The maximum Gasteiger partial charge on any atom is 0.323 e. The molecule has 0 N–H and O–H groups in total. The number of aromatic nitrogens is 2. The van der Waals surface area contributed by atoms with Crippen molar-refractivity contribution in [1.29, 1.82) is 0 Å². The van der Waals surface area contributed by atoms with Crippen molar-refractivity contribution in [2.75, 3.05) is 67.1 Å². The summed E-state index contributed by atoms with van der Waals surface area (Å²) in [7, 11) is 5.51. The van der Waals surface area contributed by atoms with Gasteiger partial charge < -0.3 is 24.0 Å². The average molecular weight is 726 g/mol. The number of likely N-dealkylation sites (N-methyl/N-ethyl adjacent to an activating group) is 1. The van der Waals surface area contributed by atoms with Gasteiger partial charge in [0.2, 0.25) is 17.7 Å². The minimum absolute atomic E-state index is 0. The first-order chi connectivity index (χ1) is 21.8. The fraction of sp³-hybridized carbons (Fsp3) is 0.514. The second-order valence-electron chi connectivity index (χ2n) is 12.4. The van der Waals surface area contributed by atoms with Crippen LogP contribution in [-0.4, -0.2) is 121 Å². The first-order valence-electron chi connectivity index (χ1n) is 16.0. The molecule has 266 valence electrons. The summed E-state index contributed by atoms with van der Waals surface area (Å²) < 4.78 is 17.7. The van der Waals surface area contributed by atoms with E-state index in [4.69, 9.17) is 14.2 Å². The van der Waals surface area contributed by atoms with Crippen LogP contribution in [0.25, 0.3) is 0 Å². The molecule has 2 aliphatic rings. The van der Waals surface area contributed by atoms with E-state index in [0.29, 0.717) is 38.0 Å². The van der Waals surface area contributed by atoms with E-state index in [0.717, 1.165) is 31.7 Å². The van der Waals surface area contributed by atoms with E-state index < -0.39 is 0 Å². The van der Waals surface area contributed by atoms with Gasteiger partial charge in [0.25, 0.3) is 0 Å². The van der Waals surface area contributed by atoms with Crippen LogP contribution in [0.4, 0.5) is 0 Å². The molecule has 2 aromatic carbocycles. The maximum absolute atomic E-state index is 13.2. The Kier molecular flexibility index (Phi) is 16.7. The fourth-order valence-electron chi connectivity index (χ4n) is 6.66. The molecule has 2 fully saturated rings. The van der Waals surface area contributed by atoms with Gasteiger partial charge in [0, 0.05) is 57.3 Å². The summed E-state index contributed by atoms with van der Waals surface area (Å²) in [5.74, 6) is 1.25. The van der Waals surface area contributed by atoms with Crippen LogP contribution < -0.4 is 14.2 Å². The molecule has 1 aromatic heterocycles. The highest BCUT2D eigenvalue weighted by Gasteiger charge is 2.43. The summed E-state index contributed by atoms with van der Waals surface area (Å²) >= 11 is 0. The number of fused-ring (bicyclic) bond motifs is 1. The number of carbonyl (C=O) groups excluding carboxylic acids is 1. The molecule has 0 aliphatic carbocycles. The molecular weight excluding hydrogens is 675 g/mol. The van der Waals surface area contributed by atoms with Gasteiger partial charge in [-0.1, -0.05) is 60.7 Å². The monoisotopic (exact) mass is 724 g/mol. The first-order valence-corrected chi connectivity index (χ1v) is 16.0. The largest absolute Gasteiger partial charge is 0.481 e. The van der Waals surface area contributed by atoms with E-state index >= 15 is 0 Å². The van der Waals surface area contributed by atoms with Crippen LogP contribution in [-0.2, 0) is 11.3 Å². The molecule has 0 spiro atoms. The van der Waals surface area contributed by atoms with Crippen molar-refractivity contribution in [2.45, 2.75) is 51.4 Å². The van der Waals surface area contributed by atoms with E-state index in [1.54, 1.807) is 7.11 Å². The minimum atomic E-state index is -0.0856. The fourth-order valence-corrected chi connectivity index (χ4v) is 6.66. The summed E-state index contributed by atoms with van der Waals surface area (Å²) in [6.45, 7) is 11.1. The van der Waals surface area contributed by atoms with Crippen LogP contribution in [0.3, 0.4) is 0 Å². The van der Waals surface area contributed by atoms with Gasteiger partial charge in [0.1, 0.15) is 0 Å². The Morgan fingerprint density at radius 2 is 1.50 bits per heavy atom. The zero-order valence-corrected chi connectivity index (χ0v) is 31.2. The van der Waals surface area contributed by atoms with Gasteiger partial charge in [0.05, 0.1) is 31.9 Å². The number of hydrogen-bond donors (Lipinski definition) is 0. The number of ether oxygens (including phenoxy) is 3. The average Bonchev–Trinajstić information content (AvgIpc) is 3.02. The molecule has 10 nitrogen and oxygen atoms in total. The third-order valence-corrected chi connectivity index (χ3v) is 8.48. The van der Waals surface area contributed by atoms with Crippen LogP contribution in [0.1, 0.15) is 43.4 Å². The Morgan fingerprint density at radius 3 is 2.04 bits per heavy atom. The van der Waals surface area contributed by atoms with Gasteiger partial charge in [-0.2, -0.15) is 9.97 Å². The first kappa shape index (κ1) is 41.3. The van der Waals surface area contributed by atoms with Crippen LogP contribution in [0.5, 0.6) is 17.8 Å². The lowest BCUT2D eigenvalue weighted by molar-refractivity contribution is -0.137. The molecule has 3 heterocycles. The quantitative estimate of drug-likeness (QED) is 0.256. The molecule has 2 atom stereocenters. The summed E-state index contributed by atoms with van der Waals surface area (Å²) in [4.78, 5) is 31.5. The van der Waals surface area contributed by atoms with E-state index in [9.17, 15) is 4.79 Å². The number of carbonyl (C=O) groups is 1. The molecule has 13 heteroatoms. The topological polar surface area (TPSA) is 83.5 Å². The number of piperazine rings is 2. The number of amides is 1. The number of rotatable bonds is 12. The normalized spacial score (nSPS) is 18.0. The standard InChI is InChI=1S/C35H48N6O4.3ClH/c1-7-44-35-36-33(43-6)29(34(37-35)45-25(2)3)22-39-20-28-21-40(31(42)24-38(4)5)18-19-41(28)30(23-39)32(26-14-10-8-11-15-26)27-16-12-9-13-17-27;;;/h8-17,25,28,30,32H,7,18-24H2,1-6H3;3*1H/t28-,30+;;;/m1.../s1. The number of hydrogen-bond acceptors (Lipinski definition) is 9. The second kappa shape index (κ2) is 19.4. The minimum Gasteiger partial charge on any atom is -0.481 e. The van der Waals surface area contributed by atoms with E-state index in [-0.39, 0.29) is 73.2 Å². The molecule has 2 aliphatic heterocycles. The van der Waals surface area contributed by atoms with Gasteiger partial charge in [-0.05, 0) is 46.0 Å². The lowest BCUT2D eigenvalue weighted by Gasteiger charge is -2.53. The van der Waals surface area contributed by atoms with E-state index in [1.165, 1.54) is 11.1 Å². The summed E-state index contributed by atoms with van der Waals surface area (Å²) in [5, 5.41) is 0. The van der Waals surface area contributed by atoms with Crippen LogP contribution in [0, 0.1) is 0 Å². The molecule has 5 rings (SSSR count). The molecule has 0 radical (unpaired) electrons. The van der Waals surface area contributed by atoms with Crippen molar-refractivity contribution < 1.29 is 19.0 Å². The maximum atomic E-state index is 13.2. The Morgan fingerprint density at radius 1 is 0.896 bits per heavy atom. The van der Waals surface area contributed by atoms with Gasteiger partial charge >= 0.3 is 6.01 Å². The predicted octanol–water partition coefficient (Wildman–Crippen LogP) is 5.03. The van der Waals surface area contributed by atoms with Crippen molar-refractivity contribution in [3.63, 3.8) is 0 Å². The van der Waals surface area contributed by atoms with E-state index in [1.807, 2.05) is 44.7 Å². The van der Waals surface area contributed by atoms with Crippen molar-refractivity contribution in [3.8, 4) is 17.8 Å². The number of nitrogens with zero attached hydrogens (tertiary/aromatic N) is 6. The van der Waals surface area contributed by atoms with Gasteiger partial charge in [-0.3, -0.25) is 14.6 Å². The number of halogens is 3. The lowest BCUT2D eigenvalue weighted by atomic mass is 9.81. The second-order valence-corrected chi connectivity index (χ2v) is 12.4. The molecule has 0 unspecified atom stereocenters. The molecule has 3 aromatic rings. The Bertz CT molecular complexity index is 1370. The summed E-state index contributed by atoms with van der Waals surface area (Å²) in [6, 6.07) is 22.2. The third kappa shape index (κ3) is 10.1. The smallest absolute Gasteiger partial charge is 0.323 e. The number of benzene rings is 2. The van der Waals surface area contributed by atoms with Crippen LogP contribution >= 0.6 is 37.2 Å². The molecular formula is C35H51Cl3N6O4. The summed E-state index contributed by atoms with van der Waals surface area (Å²) in [5.41, 5.74) is 3.37. The molecule has 1 amide bonds. The highest BCUT2D eigenvalue weighted by Crippen LogP contribution is 2.37. The van der Waals surface area contributed by atoms with Gasteiger partial charge in [-0.15, -0.1) is 37.2 Å². The lowest BCUT2D eigenvalue weighted by Crippen LogP contribution is -2.67.